The Balaban J connectivity index is 2.88. The van der Waals surface area contributed by atoms with Crippen LogP contribution in [0.1, 0.15) is 19.7 Å². The maximum absolute atomic E-state index is 5.46. The van der Waals surface area contributed by atoms with Crippen LogP contribution in [0.3, 0.4) is 0 Å². The Morgan fingerprint density at radius 1 is 1.42 bits per heavy atom. The molecule has 1 rings (SSSR count). The number of nitrogens with two attached hydrogens (primary N) is 1. The predicted octanol–water partition coefficient (Wildman–Crippen LogP) is 0.155. The van der Waals surface area contributed by atoms with Crippen LogP contribution in [0.25, 0.3) is 0 Å². The van der Waals surface area contributed by atoms with Gasteiger partial charge in [-0.2, -0.15) is 0 Å². The lowest BCUT2D eigenvalue weighted by Gasteiger charge is -2.04. The molecule has 0 spiro atoms. The van der Waals surface area contributed by atoms with E-state index in [4.69, 9.17) is 10.5 Å². The van der Waals surface area contributed by atoms with Gasteiger partial charge in [-0.15, -0.1) is 5.10 Å². The van der Waals surface area contributed by atoms with Crippen molar-refractivity contribution in [2.24, 2.45) is 5.73 Å². The molecule has 1 heterocycles. The number of hydrogen-bond acceptors (Lipinski definition) is 4. The molecule has 5 nitrogen and oxygen atoms in total. The molecule has 12 heavy (non-hydrogen) atoms. The zero-order chi connectivity index (χ0) is 8.97. The third-order valence-corrected chi connectivity index (χ3v) is 1.57. The molecular weight excluding hydrogens is 156 g/mol. The van der Waals surface area contributed by atoms with Crippen molar-refractivity contribution in [3.05, 3.63) is 5.82 Å². The highest BCUT2D eigenvalue weighted by molar-refractivity contribution is 5.00. The molecule has 0 aliphatic carbocycles. The summed E-state index contributed by atoms with van der Waals surface area (Å²) in [7, 11) is 0. The van der Waals surface area contributed by atoms with Gasteiger partial charge in [-0.25, -0.2) is 0 Å². The Bertz CT molecular complexity index is 246. The Morgan fingerprint density at radius 2 is 2.17 bits per heavy atom. The lowest BCUT2D eigenvalue weighted by atomic mass is 10.6. The lowest BCUT2D eigenvalue weighted by molar-refractivity contribution is 0.295. The van der Waals surface area contributed by atoms with E-state index in [1.165, 1.54) is 0 Å². The van der Waals surface area contributed by atoms with Gasteiger partial charge in [0.1, 0.15) is 5.82 Å². The summed E-state index contributed by atoms with van der Waals surface area (Å²) in [6, 6.07) is 0.556. The van der Waals surface area contributed by atoms with Crippen LogP contribution in [0.4, 0.5) is 0 Å². The maximum Gasteiger partial charge on any atom is 0.316 e. The zero-order valence-corrected chi connectivity index (χ0v) is 7.45. The zero-order valence-electron chi connectivity index (χ0n) is 7.45. The third-order valence-electron chi connectivity index (χ3n) is 1.57. The molecule has 0 saturated heterocycles. The van der Waals surface area contributed by atoms with Gasteiger partial charge in [-0.1, -0.05) is 5.10 Å². The summed E-state index contributed by atoms with van der Waals surface area (Å²) in [5.74, 6) is 0.765. The van der Waals surface area contributed by atoms with Gasteiger partial charge in [0.25, 0.3) is 0 Å². The van der Waals surface area contributed by atoms with Crippen molar-refractivity contribution in [1.82, 2.24) is 14.8 Å². The summed E-state index contributed by atoms with van der Waals surface area (Å²) in [6.45, 7) is 5.70. The molecule has 0 radical (unpaired) electrons. The fourth-order valence-electron chi connectivity index (χ4n) is 1.02. The first-order valence-corrected chi connectivity index (χ1v) is 4.08. The summed E-state index contributed by atoms with van der Waals surface area (Å²) < 4.78 is 7.11. The second-order valence-corrected chi connectivity index (χ2v) is 2.28. The van der Waals surface area contributed by atoms with E-state index in [0.717, 1.165) is 12.4 Å². The summed E-state index contributed by atoms with van der Waals surface area (Å²) in [5, 5.41) is 7.75. The smallest absolute Gasteiger partial charge is 0.316 e. The lowest BCUT2D eigenvalue weighted by Crippen LogP contribution is -2.09. The van der Waals surface area contributed by atoms with Crippen molar-refractivity contribution in [3.63, 3.8) is 0 Å². The summed E-state index contributed by atoms with van der Waals surface area (Å²) in [6.07, 6.45) is 0. The molecule has 0 aliphatic heterocycles. The molecule has 0 fully saturated rings. The topological polar surface area (TPSA) is 66.0 Å². The van der Waals surface area contributed by atoms with E-state index in [1.54, 1.807) is 0 Å². The minimum absolute atomic E-state index is 0.397. The molecule has 0 bridgehead atoms. The van der Waals surface area contributed by atoms with E-state index in [1.807, 2.05) is 18.4 Å². The summed E-state index contributed by atoms with van der Waals surface area (Å²) >= 11 is 0. The minimum Gasteiger partial charge on any atom is -0.464 e. The molecule has 0 aliphatic rings. The van der Waals surface area contributed by atoms with Crippen LogP contribution < -0.4 is 10.5 Å². The SMILES string of the molecule is CCOc1nnc(CN)n1CC. The van der Waals surface area contributed by atoms with Crippen molar-refractivity contribution in [3.8, 4) is 6.01 Å². The van der Waals surface area contributed by atoms with Crippen LogP contribution in [0.2, 0.25) is 0 Å². The maximum atomic E-state index is 5.46. The molecule has 0 atom stereocenters. The van der Waals surface area contributed by atoms with Gasteiger partial charge in [0, 0.05) is 6.54 Å². The van der Waals surface area contributed by atoms with E-state index >= 15 is 0 Å². The highest BCUT2D eigenvalue weighted by Gasteiger charge is 2.08. The molecule has 1 aromatic rings. The minimum atomic E-state index is 0.397. The van der Waals surface area contributed by atoms with Gasteiger partial charge in [0.2, 0.25) is 0 Å². The Kier molecular flexibility index (Phi) is 3.04. The molecule has 0 amide bonds. The van der Waals surface area contributed by atoms with Crippen molar-refractivity contribution < 1.29 is 4.74 Å². The molecule has 2 N–H and O–H groups in total. The number of aromatic nitrogens is 3. The number of hydrogen-bond donors (Lipinski definition) is 1. The van der Waals surface area contributed by atoms with Gasteiger partial charge in [-0.3, -0.25) is 4.57 Å². The highest BCUT2D eigenvalue weighted by Crippen LogP contribution is 2.08. The van der Waals surface area contributed by atoms with Crippen molar-refractivity contribution in [1.29, 1.82) is 0 Å². The van der Waals surface area contributed by atoms with E-state index in [9.17, 15) is 0 Å². The average molecular weight is 170 g/mol. The van der Waals surface area contributed by atoms with E-state index in [2.05, 4.69) is 10.2 Å². The highest BCUT2D eigenvalue weighted by atomic mass is 16.5. The van der Waals surface area contributed by atoms with E-state index < -0.39 is 0 Å². The van der Waals surface area contributed by atoms with Crippen LogP contribution in [-0.4, -0.2) is 21.4 Å². The second-order valence-electron chi connectivity index (χ2n) is 2.28. The molecule has 0 unspecified atom stereocenters. The van der Waals surface area contributed by atoms with Crippen molar-refractivity contribution in [2.75, 3.05) is 6.61 Å². The molecule has 0 saturated carbocycles. The average Bonchev–Trinajstić information content (AvgIpc) is 2.47. The molecule has 1 aromatic heterocycles. The monoisotopic (exact) mass is 170 g/mol. The van der Waals surface area contributed by atoms with Gasteiger partial charge in [0.15, 0.2) is 0 Å². The first-order chi connectivity index (χ1) is 5.83. The Labute approximate surface area is 71.5 Å². The summed E-state index contributed by atoms with van der Waals surface area (Å²) in [5.41, 5.74) is 5.46. The van der Waals surface area contributed by atoms with Crippen LogP contribution >= 0.6 is 0 Å². The fraction of sp³-hybridized carbons (Fsp3) is 0.714. The van der Waals surface area contributed by atoms with Crippen LogP contribution in [0, 0.1) is 0 Å². The van der Waals surface area contributed by atoms with Gasteiger partial charge in [-0.05, 0) is 13.8 Å². The Morgan fingerprint density at radius 3 is 2.67 bits per heavy atom. The van der Waals surface area contributed by atoms with Crippen LogP contribution in [0.15, 0.2) is 0 Å². The summed E-state index contributed by atoms with van der Waals surface area (Å²) in [4.78, 5) is 0. The van der Waals surface area contributed by atoms with E-state index in [0.29, 0.717) is 19.2 Å². The van der Waals surface area contributed by atoms with Crippen LogP contribution in [-0.2, 0) is 13.1 Å². The first kappa shape index (κ1) is 8.99. The molecular formula is C7H14N4O. The Hall–Kier alpha value is -1.10. The third kappa shape index (κ3) is 1.55. The normalized spacial score (nSPS) is 10.2. The predicted molar refractivity (Wildman–Crippen MR) is 44.8 cm³/mol. The fourth-order valence-corrected chi connectivity index (χ4v) is 1.02. The van der Waals surface area contributed by atoms with E-state index in [-0.39, 0.29) is 0 Å². The first-order valence-electron chi connectivity index (χ1n) is 4.08. The van der Waals surface area contributed by atoms with Gasteiger partial charge < -0.3 is 10.5 Å². The number of ether oxygens (including phenoxy) is 1. The number of rotatable bonds is 4. The standard InChI is InChI=1S/C7H14N4O/c1-3-11-6(5-8)9-10-7(11)12-4-2/h3-5,8H2,1-2H3. The molecule has 5 heteroatoms. The molecule has 68 valence electrons. The quantitative estimate of drug-likeness (QED) is 0.698. The van der Waals surface area contributed by atoms with Gasteiger partial charge in [0.05, 0.1) is 13.2 Å². The molecule has 0 aromatic carbocycles. The largest absolute Gasteiger partial charge is 0.464 e. The number of nitrogens with zero attached hydrogens (tertiary/aromatic N) is 3. The second kappa shape index (κ2) is 4.06. The van der Waals surface area contributed by atoms with Crippen molar-refractivity contribution in [2.45, 2.75) is 26.9 Å². The van der Waals surface area contributed by atoms with Crippen LogP contribution in [0.5, 0.6) is 6.01 Å². The van der Waals surface area contributed by atoms with Crippen molar-refractivity contribution >= 4 is 0 Å². The van der Waals surface area contributed by atoms with Gasteiger partial charge >= 0.3 is 6.01 Å².